The van der Waals surface area contributed by atoms with Crippen LogP contribution in [0.3, 0.4) is 0 Å². The van der Waals surface area contributed by atoms with Gasteiger partial charge in [0.15, 0.2) is 0 Å². The van der Waals surface area contributed by atoms with E-state index in [4.69, 9.17) is 4.74 Å². The molecule has 4 aromatic carbocycles. The molecule has 2 N–H and O–H groups in total. The first-order chi connectivity index (χ1) is 19.1. The Bertz CT molecular complexity index is 1340. The summed E-state index contributed by atoms with van der Waals surface area (Å²) >= 11 is 0. The lowest BCUT2D eigenvalue weighted by Gasteiger charge is -2.47. The molecule has 0 bridgehead atoms. The first kappa shape index (κ1) is 29.3. The van der Waals surface area contributed by atoms with Gasteiger partial charge in [0.2, 0.25) is 7.29 Å². The number of hydrogen-bond acceptors (Lipinski definition) is 3. The fourth-order valence-corrected chi connectivity index (χ4v) is 7.77. The van der Waals surface area contributed by atoms with Crippen molar-refractivity contribution in [1.29, 1.82) is 0 Å². The van der Waals surface area contributed by atoms with E-state index >= 15 is 4.57 Å². The Kier molecular flexibility index (Phi) is 8.98. The molecule has 0 unspecified atom stereocenters. The van der Waals surface area contributed by atoms with Crippen molar-refractivity contribution in [2.75, 3.05) is 0 Å². The smallest absolute Gasteiger partial charge is 0.407 e. The van der Waals surface area contributed by atoms with E-state index in [0.29, 0.717) is 10.6 Å². The lowest BCUT2D eigenvalue weighted by Crippen LogP contribution is -2.62. The van der Waals surface area contributed by atoms with Gasteiger partial charge in [-0.25, -0.2) is 9.88 Å². The number of amides is 1. The van der Waals surface area contributed by atoms with Gasteiger partial charge in [-0.2, -0.15) is 0 Å². The zero-order valence-electron chi connectivity index (χ0n) is 23.9. The summed E-state index contributed by atoms with van der Waals surface area (Å²) in [7, 11) is -3.50. The highest BCUT2D eigenvalue weighted by atomic mass is 31.2. The first-order valence-electron chi connectivity index (χ1n) is 13.7. The molecule has 0 fully saturated rings. The minimum Gasteiger partial charge on any atom is -0.444 e. The SMILES string of the molecule is CC(C)[C@H](NC(=O)OC(C)(C)C)C(NP(=O)(c1ccccc1)c1ccccc1)(c1ccccc1)c1ccccc1. The molecule has 0 radical (unpaired) electrons. The molecule has 6 heteroatoms. The molecule has 0 aliphatic carbocycles. The Labute approximate surface area is 238 Å². The number of ether oxygens (including phenoxy) is 1. The third kappa shape index (κ3) is 6.38. The van der Waals surface area contributed by atoms with Crippen molar-refractivity contribution in [3.63, 3.8) is 0 Å². The van der Waals surface area contributed by atoms with Gasteiger partial charge in [-0.05, 0) is 62.1 Å². The summed E-state index contributed by atoms with van der Waals surface area (Å²) in [6.07, 6.45) is -0.529. The summed E-state index contributed by atoms with van der Waals surface area (Å²) in [6, 6.07) is 38.3. The molecule has 0 spiro atoms. The van der Waals surface area contributed by atoms with Crippen molar-refractivity contribution in [2.24, 2.45) is 5.92 Å². The molecule has 5 nitrogen and oxygen atoms in total. The van der Waals surface area contributed by atoms with Crippen LogP contribution in [0.2, 0.25) is 0 Å². The fourth-order valence-electron chi connectivity index (χ4n) is 5.14. The predicted octanol–water partition coefficient (Wildman–Crippen LogP) is 7.00. The van der Waals surface area contributed by atoms with Crippen LogP contribution in [0.5, 0.6) is 0 Å². The number of carbonyl (C=O) groups excluding carboxylic acids is 1. The molecular formula is C34H39N2O3P. The highest BCUT2D eigenvalue weighted by Crippen LogP contribution is 2.48. The van der Waals surface area contributed by atoms with Crippen molar-refractivity contribution in [2.45, 2.75) is 51.8 Å². The third-order valence-electron chi connectivity index (χ3n) is 6.84. The molecule has 0 aliphatic rings. The molecule has 40 heavy (non-hydrogen) atoms. The van der Waals surface area contributed by atoms with Gasteiger partial charge in [0.25, 0.3) is 0 Å². The van der Waals surface area contributed by atoms with Gasteiger partial charge >= 0.3 is 6.09 Å². The number of alkyl carbamates (subject to hydrolysis) is 1. The van der Waals surface area contributed by atoms with Crippen LogP contribution in [0.25, 0.3) is 0 Å². The minimum absolute atomic E-state index is 0.0829. The summed E-state index contributed by atoms with van der Waals surface area (Å²) in [4.78, 5) is 13.4. The molecule has 0 heterocycles. The maximum Gasteiger partial charge on any atom is 0.407 e. The monoisotopic (exact) mass is 554 g/mol. The second-order valence-electron chi connectivity index (χ2n) is 11.3. The van der Waals surface area contributed by atoms with E-state index in [-0.39, 0.29) is 5.92 Å². The average molecular weight is 555 g/mol. The van der Waals surface area contributed by atoms with E-state index in [2.05, 4.69) is 24.3 Å². The topological polar surface area (TPSA) is 67.4 Å². The zero-order valence-corrected chi connectivity index (χ0v) is 24.8. The molecule has 0 saturated heterocycles. The number of carbonyl (C=O) groups is 1. The van der Waals surface area contributed by atoms with E-state index in [0.717, 1.165) is 11.1 Å². The maximum absolute atomic E-state index is 15.6. The van der Waals surface area contributed by atoms with Gasteiger partial charge in [0.05, 0.1) is 11.6 Å². The van der Waals surface area contributed by atoms with E-state index in [1.807, 2.05) is 142 Å². The van der Waals surface area contributed by atoms with Crippen molar-refractivity contribution >= 4 is 24.0 Å². The van der Waals surface area contributed by atoms with Gasteiger partial charge in [0.1, 0.15) is 5.60 Å². The van der Waals surface area contributed by atoms with E-state index in [1.165, 1.54) is 0 Å². The van der Waals surface area contributed by atoms with E-state index in [9.17, 15) is 4.79 Å². The second kappa shape index (κ2) is 12.2. The Hall–Kier alpha value is -3.66. The highest BCUT2D eigenvalue weighted by Gasteiger charge is 2.49. The number of rotatable bonds is 9. The number of hydrogen-bond donors (Lipinski definition) is 2. The van der Waals surface area contributed by atoms with Gasteiger partial charge in [-0.15, -0.1) is 0 Å². The molecule has 0 saturated carbocycles. The fraction of sp³-hybridized carbons (Fsp3) is 0.265. The maximum atomic E-state index is 15.6. The van der Waals surface area contributed by atoms with Crippen LogP contribution in [-0.4, -0.2) is 17.7 Å². The van der Waals surface area contributed by atoms with Crippen molar-refractivity contribution < 1.29 is 14.1 Å². The van der Waals surface area contributed by atoms with Crippen LogP contribution in [0.4, 0.5) is 4.79 Å². The summed E-state index contributed by atoms with van der Waals surface area (Å²) in [5, 5.41) is 8.29. The number of benzene rings is 4. The van der Waals surface area contributed by atoms with Gasteiger partial charge in [0, 0.05) is 10.6 Å². The quantitative estimate of drug-likeness (QED) is 0.219. The molecule has 1 atom stereocenters. The van der Waals surface area contributed by atoms with Crippen molar-refractivity contribution in [3.05, 3.63) is 132 Å². The molecule has 0 aliphatic heterocycles. The summed E-state index contributed by atoms with van der Waals surface area (Å²) in [5.74, 6) is -0.0829. The van der Waals surface area contributed by atoms with Crippen molar-refractivity contribution in [1.82, 2.24) is 10.4 Å². The van der Waals surface area contributed by atoms with Crippen LogP contribution < -0.4 is 21.0 Å². The Morgan fingerprint density at radius 3 is 1.40 bits per heavy atom. The largest absolute Gasteiger partial charge is 0.444 e. The summed E-state index contributed by atoms with van der Waals surface area (Å²) in [6.45, 7) is 9.64. The molecule has 0 aromatic heterocycles. The zero-order chi connectivity index (χ0) is 28.8. The lowest BCUT2D eigenvalue weighted by atomic mass is 9.73. The Morgan fingerprint density at radius 2 is 1.05 bits per heavy atom. The van der Waals surface area contributed by atoms with Crippen molar-refractivity contribution in [3.8, 4) is 0 Å². The normalized spacial score (nSPS) is 13.1. The minimum atomic E-state index is -3.50. The lowest BCUT2D eigenvalue weighted by molar-refractivity contribution is 0.0457. The summed E-state index contributed by atoms with van der Waals surface area (Å²) < 4.78 is 21.3. The summed E-state index contributed by atoms with van der Waals surface area (Å²) in [5.41, 5.74) is -0.0228. The Morgan fingerprint density at radius 1 is 0.675 bits per heavy atom. The van der Waals surface area contributed by atoms with E-state index < -0.39 is 30.6 Å². The van der Waals surface area contributed by atoms with Gasteiger partial charge in [-0.3, -0.25) is 4.57 Å². The standard InChI is InChI=1S/C34H39N2O3P/c1-26(2)31(35-32(37)39-33(3,4)5)34(27-18-10-6-11-19-27,28-20-12-7-13-21-28)36-40(38,29-22-14-8-15-23-29)30-24-16-9-17-25-30/h6-26,31H,1-5H3,(H,35,37)(H,36,38)/t31-/m0/s1. The van der Waals surface area contributed by atoms with Crippen LogP contribution in [-0.2, 0) is 14.8 Å². The highest BCUT2D eigenvalue weighted by molar-refractivity contribution is 7.77. The van der Waals surface area contributed by atoms with Crippen LogP contribution in [0.1, 0.15) is 45.7 Å². The van der Waals surface area contributed by atoms with Gasteiger partial charge in [-0.1, -0.05) is 111 Å². The van der Waals surface area contributed by atoms with E-state index in [1.54, 1.807) is 0 Å². The molecule has 4 aromatic rings. The van der Waals surface area contributed by atoms with Crippen LogP contribution in [0.15, 0.2) is 121 Å². The predicted molar refractivity (Wildman–Crippen MR) is 165 cm³/mol. The Balaban J connectivity index is 2.03. The molecule has 1 amide bonds. The third-order valence-corrected chi connectivity index (χ3v) is 9.56. The molecule has 4 rings (SSSR count). The average Bonchev–Trinajstić information content (AvgIpc) is 2.95. The number of nitrogens with one attached hydrogen (secondary N) is 2. The van der Waals surface area contributed by atoms with Crippen LogP contribution in [0, 0.1) is 5.92 Å². The second-order valence-corrected chi connectivity index (χ2v) is 13.8. The van der Waals surface area contributed by atoms with Crippen LogP contribution >= 0.6 is 7.29 Å². The molecular weight excluding hydrogens is 515 g/mol. The first-order valence-corrected chi connectivity index (χ1v) is 15.4. The molecule has 208 valence electrons. The van der Waals surface area contributed by atoms with Gasteiger partial charge < -0.3 is 10.1 Å².